The van der Waals surface area contributed by atoms with Crippen LogP contribution in [0, 0.1) is 0 Å². The summed E-state index contributed by atoms with van der Waals surface area (Å²) < 4.78 is -0.812. The summed E-state index contributed by atoms with van der Waals surface area (Å²) in [5, 5.41) is 1.80. The third-order valence-electron chi connectivity index (χ3n) is 1.48. The van der Waals surface area contributed by atoms with E-state index in [1.165, 1.54) is 0 Å². The van der Waals surface area contributed by atoms with Crippen LogP contribution in [0.5, 0.6) is 0 Å². The van der Waals surface area contributed by atoms with E-state index in [2.05, 4.69) is 0 Å². The van der Waals surface area contributed by atoms with Gasteiger partial charge in [-0.1, -0.05) is 23.2 Å². The fourth-order valence-electron chi connectivity index (χ4n) is 0.889. The average molecular weight is 198 g/mol. The lowest BCUT2D eigenvalue weighted by molar-refractivity contribution is 0.101. The van der Waals surface area contributed by atoms with E-state index in [9.17, 15) is 0 Å². The first-order valence-corrected chi connectivity index (χ1v) is 4.32. The van der Waals surface area contributed by atoms with Gasteiger partial charge in [-0.05, 0) is 27.7 Å². The number of halogens is 2. The van der Waals surface area contributed by atoms with Crippen molar-refractivity contribution in [1.82, 2.24) is 5.06 Å². The molecule has 0 N–H and O–H groups in total. The summed E-state index contributed by atoms with van der Waals surface area (Å²) in [5.41, 5.74) is -0.0181. The van der Waals surface area contributed by atoms with Crippen LogP contribution < -0.4 is 0 Å². The van der Waals surface area contributed by atoms with E-state index in [0.717, 1.165) is 0 Å². The summed E-state index contributed by atoms with van der Waals surface area (Å²) >= 11 is 11.7. The molecule has 2 atom stereocenters. The molecule has 1 aliphatic heterocycles. The molecule has 1 fully saturated rings. The van der Waals surface area contributed by atoms with Crippen LogP contribution in [0.3, 0.4) is 0 Å². The Morgan fingerprint density at radius 2 is 1.64 bits per heavy atom. The third kappa shape index (κ3) is 2.22. The van der Waals surface area contributed by atoms with Gasteiger partial charge in [0.15, 0.2) is 10.6 Å². The summed E-state index contributed by atoms with van der Waals surface area (Å²) in [6.07, 6.45) is -0.161. The van der Waals surface area contributed by atoms with E-state index in [0.29, 0.717) is 0 Å². The summed E-state index contributed by atoms with van der Waals surface area (Å²) in [6, 6.07) is 0. The van der Waals surface area contributed by atoms with Crippen LogP contribution in [0.15, 0.2) is 0 Å². The molecule has 1 rings (SSSR count). The lowest BCUT2D eigenvalue weighted by Gasteiger charge is -2.18. The van der Waals surface area contributed by atoms with E-state index < -0.39 is 4.33 Å². The molecule has 0 radical (unpaired) electrons. The molecule has 0 aliphatic carbocycles. The minimum atomic E-state index is -0.812. The van der Waals surface area contributed by atoms with Crippen molar-refractivity contribution >= 4 is 23.2 Å². The molecule has 11 heavy (non-hydrogen) atoms. The number of hydrogen-bond donors (Lipinski definition) is 0. The molecule has 1 saturated heterocycles. The van der Waals surface area contributed by atoms with Crippen molar-refractivity contribution in [3.8, 4) is 0 Å². The molecule has 4 heteroatoms. The van der Waals surface area contributed by atoms with Crippen LogP contribution in [-0.4, -0.2) is 21.2 Å². The van der Waals surface area contributed by atoms with Crippen molar-refractivity contribution in [2.75, 3.05) is 0 Å². The first-order valence-electron chi connectivity index (χ1n) is 3.57. The van der Waals surface area contributed by atoms with Crippen LogP contribution in [0.25, 0.3) is 0 Å². The Balaban J connectivity index is 2.51. The highest BCUT2D eigenvalue weighted by Gasteiger charge is 2.54. The van der Waals surface area contributed by atoms with Gasteiger partial charge in [0.1, 0.15) is 0 Å². The molecular formula is C7H13Cl2NO. The fraction of sp³-hybridized carbons (Fsp3) is 1.00. The molecule has 0 spiro atoms. The van der Waals surface area contributed by atoms with E-state index in [4.69, 9.17) is 28.0 Å². The van der Waals surface area contributed by atoms with Crippen molar-refractivity contribution in [2.45, 2.75) is 43.8 Å². The Kier molecular flexibility index (Phi) is 2.17. The van der Waals surface area contributed by atoms with Gasteiger partial charge in [-0.2, -0.15) is 0 Å². The van der Waals surface area contributed by atoms with Crippen LogP contribution in [0.2, 0.25) is 0 Å². The Labute approximate surface area is 77.4 Å². The SMILES string of the molecule is CC(Cl)(Cl)C1ON1C(C)(C)C. The van der Waals surface area contributed by atoms with Gasteiger partial charge in [0.2, 0.25) is 0 Å². The van der Waals surface area contributed by atoms with Crippen molar-refractivity contribution in [2.24, 2.45) is 0 Å². The summed E-state index contributed by atoms with van der Waals surface area (Å²) in [5.74, 6) is 0. The molecule has 2 nitrogen and oxygen atoms in total. The van der Waals surface area contributed by atoms with Crippen LogP contribution in [-0.2, 0) is 4.84 Å². The van der Waals surface area contributed by atoms with Gasteiger partial charge in [-0.3, -0.25) is 4.84 Å². The Hall–Kier alpha value is 0.500. The molecule has 66 valence electrons. The van der Waals surface area contributed by atoms with Crippen molar-refractivity contribution in [1.29, 1.82) is 0 Å². The zero-order chi connectivity index (χ0) is 8.86. The lowest BCUT2D eigenvalue weighted by atomic mass is 10.1. The zero-order valence-corrected chi connectivity index (χ0v) is 8.70. The second-order valence-electron chi connectivity index (χ2n) is 3.91. The number of hydroxylamine groups is 2. The number of hydrogen-bond acceptors (Lipinski definition) is 2. The molecule has 0 aromatic rings. The molecule has 1 aliphatic rings. The molecular weight excluding hydrogens is 185 g/mol. The largest absolute Gasteiger partial charge is 0.271 e. The molecule has 0 aromatic carbocycles. The van der Waals surface area contributed by atoms with Gasteiger partial charge in [0.05, 0.1) is 0 Å². The lowest BCUT2D eigenvalue weighted by Crippen LogP contribution is -2.32. The third-order valence-corrected chi connectivity index (χ3v) is 1.85. The van der Waals surface area contributed by atoms with Crippen molar-refractivity contribution in [3.63, 3.8) is 0 Å². The average Bonchev–Trinajstić information content (AvgIpc) is 2.30. The van der Waals surface area contributed by atoms with Gasteiger partial charge in [0.25, 0.3) is 0 Å². The highest BCUT2D eigenvalue weighted by atomic mass is 35.5. The number of rotatable bonds is 1. The van der Waals surface area contributed by atoms with Crippen molar-refractivity contribution < 1.29 is 4.84 Å². The molecule has 2 unspecified atom stereocenters. The highest BCUT2D eigenvalue weighted by Crippen LogP contribution is 2.43. The standard InChI is InChI=1S/C7H13Cl2NO/c1-6(2,3)10-5(11-10)7(4,8)9/h5H,1-4H3. The minimum absolute atomic E-state index is 0.0181. The maximum Gasteiger partial charge on any atom is 0.187 e. The number of nitrogens with zero attached hydrogens (tertiary/aromatic N) is 1. The first-order chi connectivity index (χ1) is 4.73. The van der Waals surface area contributed by atoms with Gasteiger partial charge < -0.3 is 0 Å². The Morgan fingerprint density at radius 1 is 1.18 bits per heavy atom. The normalized spacial score (nSPS) is 32.2. The predicted molar refractivity (Wildman–Crippen MR) is 46.6 cm³/mol. The summed E-state index contributed by atoms with van der Waals surface area (Å²) in [4.78, 5) is 5.22. The second-order valence-corrected chi connectivity index (χ2v) is 5.67. The Bertz CT molecular complexity index is 141. The maximum atomic E-state index is 5.83. The molecule has 1 heterocycles. The topological polar surface area (TPSA) is 15.5 Å². The molecule has 0 bridgehead atoms. The monoisotopic (exact) mass is 197 g/mol. The van der Waals surface area contributed by atoms with E-state index in [1.807, 2.05) is 20.8 Å². The van der Waals surface area contributed by atoms with Crippen LogP contribution in [0.4, 0.5) is 0 Å². The van der Waals surface area contributed by atoms with Gasteiger partial charge in [-0.15, -0.1) is 5.06 Å². The van der Waals surface area contributed by atoms with E-state index >= 15 is 0 Å². The van der Waals surface area contributed by atoms with Gasteiger partial charge in [-0.25, -0.2) is 0 Å². The minimum Gasteiger partial charge on any atom is -0.271 e. The Morgan fingerprint density at radius 3 is 1.73 bits per heavy atom. The second kappa shape index (κ2) is 2.49. The molecule has 0 aromatic heterocycles. The van der Waals surface area contributed by atoms with Crippen LogP contribution >= 0.6 is 23.2 Å². The quantitative estimate of drug-likeness (QED) is 0.475. The van der Waals surface area contributed by atoms with Crippen LogP contribution in [0.1, 0.15) is 27.7 Å². The molecule has 0 saturated carbocycles. The predicted octanol–water partition coefficient (Wildman–Crippen LogP) is 2.55. The first kappa shape index (κ1) is 9.59. The number of alkyl halides is 2. The summed E-state index contributed by atoms with van der Waals surface area (Å²) in [7, 11) is 0. The highest BCUT2D eigenvalue weighted by molar-refractivity contribution is 6.48. The van der Waals surface area contributed by atoms with E-state index in [1.54, 1.807) is 12.0 Å². The van der Waals surface area contributed by atoms with Gasteiger partial charge >= 0.3 is 0 Å². The molecule has 0 amide bonds. The maximum absolute atomic E-state index is 5.83. The van der Waals surface area contributed by atoms with Gasteiger partial charge in [0, 0.05) is 5.54 Å². The fourth-order valence-corrected chi connectivity index (χ4v) is 1.15. The van der Waals surface area contributed by atoms with E-state index in [-0.39, 0.29) is 11.8 Å². The smallest absolute Gasteiger partial charge is 0.187 e. The zero-order valence-electron chi connectivity index (χ0n) is 7.19. The van der Waals surface area contributed by atoms with Crippen molar-refractivity contribution in [3.05, 3.63) is 0 Å². The summed E-state index contributed by atoms with van der Waals surface area (Å²) in [6.45, 7) is 7.87.